The van der Waals surface area contributed by atoms with E-state index in [1.165, 1.54) is 11.8 Å². The van der Waals surface area contributed by atoms with Gasteiger partial charge in [0.1, 0.15) is 6.04 Å². The minimum Gasteiger partial charge on any atom is -0.463 e. The summed E-state index contributed by atoms with van der Waals surface area (Å²) in [6, 6.07) is 10.4. The van der Waals surface area contributed by atoms with Crippen molar-refractivity contribution in [2.75, 3.05) is 17.7 Å². The monoisotopic (exact) mass is 505 g/mol. The Balaban J connectivity index is 1.82. The standard InChI is InChI=1S/C24H25Cl2N3O3S/c1-5-32-23(31)20-15(4)27-24(29-22(20)16-7-6-8-17(25)21(16)26)33-12-19(30)28-18-11-13(2)9-10-14(18)3/h6-11,22H,5,12H2,1-4H3,(H,27,29)(H,28,30)/t22-/m1/s1. The molecule has 2 N–H and O–H groups in total. The summed E-state index contributed by atoms with van der Waals surface area (Å²) in [6.07, 6.45) is 0. The SMILES string of the molecule is CCOC(=O)C1=C(C)NC(SCC(=O)Nc2cc(C)ccc2C)=N[C@@H]1c1cccc(Cl)c1Cl. The molecule has 0 radical (unpaired) electrons. The first-order valence-corrected chi connectivity index (χ1v) is 12.1. The lowest BCUT2D eigenvalue weighted by Crippen LogP contribution is -2.31. The van der Waals surface area contributed by atoms with Crippen molar-refractivity contribution in [2.45, 2.75) is 33.7 Å². The van der Waals surface area contributed by atoms with Gasteiger partial charge in [-0.25, -0.2) is 9.79 Å². The molecule has 1 aliphatic rings. The summed E-state index contributed by atoms with van der Waals surface area (Å²) in [5.41, 5.74) is 4.36. The minimum absolute atomic E-state index is 0.136. The molecule has 174 valence electrons. The molecule has 0 fully saturated rings. The maximum atomic E-state index is 12.7. The van der Waals surface area contributed by atoms with Gasteiger partial charge < -0.3 is 15.4 Å². The van der Waals surface area contributed by atoms with Gasteiger partial charge in [-0.2, -0.15) is 0 Å². The number of amidine groups is 1. The Morgan fingerprint density at radius 1 is 1.18 bits per heavy atom. The molecular formula is C24H25Cl2N3O3S. The van der Waals surface area contributed by atoms with Gasteiger partial charge in [0.25, 0.3) is 0 Å². The number of amides is 1. The van der Waals surface area contributed by atoms with E-state index in [2.05, 4.69) is 15.6 Å². The van der Waals surface area contributed by atoms with Gasteiger partial charge >= 0.3 is 5.97 Å². The summed E-state index contributed by atoms with van der Waals surface area (Å²) < 4.78 is 5.24. The summed E-state index contributed by atoms with van der Waals surface area (Å²) in [5, 5.41) is 7.24. The molecule has 2 aromatic rings. The largest absolute Gasteiger partial charge is 0.463 e. The Morgan fingerprint density at radius 3 is 2.67 bits per heavy atom. The second-order valence-electron chi connectivity index (χ2n) is 7.52. The number of thioether (sulfide) groups is 1. The first-order valence-electron chi connectivity index (χ1n) is 10.4. The second kappa shape index (κ2) is 11.1. The van der Waals surface area contributed by atoms with E-state index in [1.54, 1.807) is 32.0 Å². The quantitative estimate of drug-likeness (QED) is 0.483. The number of hydrogen-bond donors (Lipinski definition) is 2. The number of esters is 1. The highest BCUT2D eigenvalue weighted by atomic mass is 35.5. The molecule has 1 atom stereocenters. The van der Waals surface area contributed by atoms with Crippen molar-refractivity contribution >= 4 is 57.7 Å². The summed E-state index contributed by atoms with van der Waals surface area (Å²) in [5.74, 6) is -0.505. The van der Waals surface area contributed by atoms with Crippen LogP contribution in [0.1, 0.15) is 36.6 Å². The highest BCUT2D eigenvalue weighted by Crippen LogP contribution is 2.39. The second-order valence-corrected chi connectivity index (χ2v) is 9.27. The van der Waals surface area contributed by atoms with Crippen LogP contribution in [-0.2, 0) is 14.3 Å². The highest BCUT2D eigenvalue weighted by Gasteiger charge is 2.32. The molecule has 1 heterocycles. The number of halogens is 2. The van der Waals surface area contributed by atoms with Crippen LogP contribution in [0.5, 0.6) is 0 Å². The molecule has 2 aromatic carbocycles. The third-order valence-corrected chi connectivity index (χ3v) is 6.72. The minimum atomic E-state index is -0.707. The number of aliphatic imine (C=N–C) groups is 1. The molecule has 6 nitrogen and oxygen atoms in total. The fraction of sp³-hybridized carbons (Fsp3) is 0.292. The van der Waals surface area contributed by atoms with E-state index in [4.69, 9.17) is 27.9 Å². The third kappa shape index (κ3) is 6.10. The number of carbonyl (C=O) groups excluding carboxylic acids is 2. The van der Waals surface area contributed by atoms with Crippen molar-refractivity contribution < 1.29 is 14.3 Å². The maximum absolute atomic E-state index is 12.7. The van der Waals surface area contributed by atoms with E-state index in [1.807, 2.05) is 32.0 Å². The number of anilines is 1. The number of benzene rings is 2. The average Bonchev–Trinajstić information content (AvgIpc) is 2.76. The molecule has 0 saturated carbocycles. The topological polar surface area (TPSA) is 79.8 Å². The maximum Gasteiger partial charge on any atom is 0.338 e. The molecule has 0 bridgehead atoms. The fourth-order valence-electron chi connectivity index (χ4n) is 3.34. The van der Waals surface area contributed by atoms with Gasteiger partial charge in [-0.3, -0.25) is 4.79 Å². The van der Waals surface area contributed by atoms with E-state index >= 15 is 0 Å². The van der Waals surface area contributed by atoms with Crippen LogP contribution in [0.3, 0.4) is 0 Å². The predicted molar refractivity (Wildman–Crippen MR) is 136 cm³/mol. The van der Waals surface area contributed by atoms with Crippen LogP contribution in [0, 0.1) is 13.8 Å². The van der Waals surface area contributed by atoms with Gasteiger partial charge in [0.2, 0.25) is 5.91 Å². The first kappa shape index (κ1) is 25.1. The van der Waals surface area contributed by atoms with Crippen molar-refractivity contribution in [3.63, 3.8) is 0 Å². The lowest BCUT2D eigenvalue weighted by atomic mass is 9.96. The van der Waals surface area contributed by atoms with Crippen LogP contribution in [-0.4, -0.2) is 29.4 Å². The number of nitrogens with one attached hydrogen (secondary N) is 2. The highest BCUT2D eigenvalue weighted by molar-refractivity contribution is 8.14. The van der Waals surface area contributed by atoms with Gasteiger partial charge in [0.15, 0.2) is 5.17 Å². The molecule has 0 aliphatic carbocycles. The van der Waals surface area contributed by atoms with Crippen LogP contribution in [0.2, 0.25) is 10.0 Å². The number of rotatable bonds is 6. The Hall–Kier alpha value is -2.48. The molecule has 9 heteroatoms. The molecule has 1 aliphatic heterocycles. The summed E-state index contributed by atoms with van der Waals surface area (Å²) >= 11 is 13.9. The number of allylic oxidation sites excluding steroid dienone is 1. The van der Waals surface area contributed by atoms with Gasteiger partial charge in [0.05, 0.1) is 28.0 Å². The summed E-state index contributed by atoms with van der Waals surface area (Å²) in [7, 11) is 0. The number of nitrogens with zero attached hydrogens (tertiary/aromatic N) is 1. The molecule has 0 unspecified atom stereocenters. The zero-order valence-corrected chi connectivity index (χ0v) is 21.1. The molecule has 1 amide bonds. The number of hydrogen-bond acceptors (Lipinski definition) is 6. The van der Waals surface area contributed by atoms with Gasteiger partial charge in [0, 0.05) is 16.9 Å². The zero-order chi connectivity index (χ0) is 24.1. The third-order valence-electron chi connectivity index (χ3n) is 5.00. The average molecular weight is 506 g/mol. The van der Waals surface area contributed by atoms with Crippen molar-refractivity contribution in [2.24, 2.45) is 4.99 Å². The Morgan fingerprint density at radius 2 is 1.94 bits per heavy atom. The Bertz CT molecular complexity index is 1150. The zero-order valence-electron chi connectivity index (χ0n) is 18.8. The van der Waals surface area contributed by atoms with Gasteiger partial charge in [-0.15, -0.1) is 0 Å². The lowest BCUT2D eigenvalue weighted by Gasteiger charge is -2.26. The van der Waals surface area contributed by atoms with Crippen molar-refractivity contribution in [1.82, 2.24) is 5.32 Å². The molecule has 0 saturated heterocycles. The van der Waals surface area contributed by atoms with Crippen LogP contribution in [0.25, 0.3) is 0 Å². The Labute approximate surface area is 207 Å². The van der Waals surface area contributed by atoms with Gasteiger partial charge in [-0.05, 0) is 51.0 Å². The molecule has 3 rings (SSSR count). The normalized spacial score (nSPS) is 15.6. The first-order chi connectivity index (χ1) is 15.7. The van der Waals surface area contributed by atoms with E-state index in [0.717, 1.165) is 16.8 Å². The van der Waals surface area contributed by atoms with Crippen LogP contribution in [0.15, 0.2) is 52.7 Å². The van der Waals surface area contributed by atoms with Crippen molar-refractivity contribution in [3.8, 4) is 0 Å². The van der Waals surface area contributed by atoms with Crippen molar-refractivity contribution in [1.29, 1.82) is 0 Å². The smallest absolute Gasteiger partial charge is 0.338 e. The molecule has 33 heavy (non-hydrogen) atoms. The molecular weight excluding hydrogens is 481 g/mol. The van der Waals surface area contributed by atoms with E-state index < -0.39 is 12.0 Å². The molecule has 0 spiro atoms. The fourth-order valence-corrected chi connectivity index (χ4v) is 4.50. The van der Waals surface area contributed by atoms with Crippen LogP contribution >= 0.6 is 35.0 Å². The van der Waals surface area contributed by atoms with Crippen LogP contribution < -0.4 is 10.6 Å². The van der Waals surface area contributed by atoms with E-state index in [-0.39, 0.29) is 18.3 Å². The summed E-state index contributed by atoms with van der Waals surface area (Å²) in [4.78, 5) is 29.9. The van der Waals surface area contributed by atoms with E-state index in [9.17, 15) is 9.59 Å². The lowest BCUT2D eigenvalue weighted by molar-refractivity contribution is -0.139. The predicted octanol–water partition coefficient (Wildman–Crippen LogP) is 5.82. The Kier molecular flexibility index (Phi) is 8.46. The van der Waals surface area contributed by atoms with Crippen molar-refractivity contribution in [3.05, 3.63) is 74.4 Å². The number of aryl methyl sites for hydroxylation is 2. The number of carbonyl (C=O) groups is 2. The molecule has 0 aromatic heterocycles. The summed E-state index contributed by atoms with van der Waals surface area (Å²) in [6.45, 7) is 7.66. The van der Waals surface area contributed by atoms with Crippen LogP contribution in [0.4, 0.5) is 5.69 Å². The van der Waals surface area contributed by atoms with E-state index in [0.29, 0.717) is 32.0 Å². The number of ether oxygens (including phenoxy) is 1. The van der Waals surface area contributed by atoms with Gasteiger partial charge in [-0.1, -0.05) is 59.2 Å².